The zero-order chi connectivity index (χ0) is 19.3. The zero-order valence-electron chi connectivity index (χ0n) is 16.7. The van der Waals surface area contributed by atoms with Gasteiger partial charge in [0, 0.05) is 52.3 Å². The van der Waals surface area contributed by atoms with E-state index in [0.29, 0.717) is 6.54 Å². The van der Waals surface area contributed by atoms with Crippen molar-refractivity contribution in [2.24, 2.45) is 4.99 Å². The molecule has 0 aliphatic rings. The number of aromatic nitrogens is 2. The molecule has 0 atom stereocenters. The number of guanidine groups is 1. The molecule has 7 heteroatoms. The van der Waals surface area contributed by atoms with Gasteiger partial charge in [-0.15, -0.1) is 0 Å². The molecule has 0 aliphatic heterocycles. The fourth-order valence-electron chi connectivity index (χ4n) is 2.69. The number of hydrogen-bond acceptors (Lipinski definition) is 4. The zero-order valence-corrected chi connectivity index (χ0v) is 16.7. The van der Waals surface area contributed by atoms with Crippen molar-refractivity contribution in [2.75, 3.05) is 46.9 Å². The molecule has 0 spiro atoms. The van der Waals surface area contributed by atoms with Crippen molar-refractivity contribution in [3.8, 4) is 5.69 Å². The lowest BCUT2D eigenvalue weighted by Gasteiger charge is -2.18. The summed E-state index contributed by atoms with van der Waals surface area (Å²) in [4.78, 5) is 7.00. The Balaban J connectivity index is 1.85. The molecule has 1 aromatic heterocycles. The van der Waals surface area contributed by atoms with Crippen LogP contribution in [0.3, 0.4) is 0 Å². The lowest BCUT2D eigenvalue weighted by molar-refractivity contribution is 0.180. The largest absolute Gasteiger partial charge is 0.385 e. The van der Waals surface area contributed by atoms with Crippen LogP contribution in [0.1, 0.15) is 18.9 Å². The third-order valence-electron chi connectivity index (χ3n) is 4.12. The normalized spacial score (nSPS) is 11.8. The summed E-state index contributed by atoms with van der Waals surface area (Å²) in [6, 6.07) is 10.2. The Morgan fingerprint density at radius 1 is 1.26 bits per heavy atom. The fourth-order valence-corrected chi connectivity index (χ4v) is 2.69. The minimum absolute atomic E-state index is 0.619. The number of likely N-dealkylation sites (N-methyl/N-ethyl adjacent to an activating group) is 1. The number of methoxy groups -OCH3 is 1. The van der Waals surface area contributed by atoms with Crippen molar-refractivity contribution >= 4 is 5.96 Å². The predicted octanol–water partition coefficient (Wildman–Crippen LogP) is 1.90. The van der Waals surface area contributed by atoms with Crippen LogP contribution in [0, 0.1) is 0 Å². The van der Waals surface area contributed by atoms with Gasteiger partial charge in [0.15, 0.2) is 5.96 Å². The van der Waals surface area contributed by atoms with Gasteiger partial charge in [0.2, 0.25) is 0 Å². The summed E-state index contributed by atoms with van der Waals surface area (Å²) >= 11 is 0. The first-order valence-electron chi connectivity index (χ1n) is 9.51. The second kappa shape index (κ2) is 12.1. The van der Waals surface area contributed by atoms with Gasteiger partial charge in [-0.05, 0) is 44.2 Å². The molecule has 148 valence electrons. The van der Waals surface area contributed by atoms with E-state index in [1.165, 1.54) is 0 Å². The smallest absolute Gasteiger partial charge is 0.191 e. The Kier molecular flexibility index (Phi) is 9.37. The van der Waals surface area contributed by atoms with E-state index < -0.39 is 0 Å². The van der Waals surface area contributed by atoms with E-state index in [0.717, 1.165) is 56.4 Å². The highest BCUT2D eigenvalue weighted by Gasteiger charge is 2.02. The molecule has 2 aromatic rings. The maximum atomic E-state index is 5.10. The monoisotopic (exact) mass is 372 g/mol. The summed E-state index contributed by atoms with van der Waals surface area (Å²) in [5, 5.41) is 11.0. The molecule has 1 aromatic carbocycles. The van der Waals surface area contributed by atoms with E-state index in [4.69, 9.17) is 9.73 Å². The van der Waals surface area contributed by atoms with Crippen LogP contribution in [0.4, 0.5) is 0 Å². The SMILES string of the molecule is CCNC(=NCc1cccc(-n2cccn2)c1)NCCN(C)CCCOC. The highest BCUT2D eigenvalue weighted by molar-refractivity contribution is 5.79. The maximum Gasteiger partial charge on any atom is 0.191 e. The van der Waals surface area contributed by atoms with Crippen molar-refractivity contribution in [1.29, 1.82) is 0 Å². The van der Waals surface area contributed by atoms with Crippen LogP contribution in [-0.2, 0) is 11.3 Å². The van der Waals surface area contributed by atoms with Gasteiger partial charge < -0.3 is 20.3 Å². The molecule has 2 rings (SSSR count). The molecule has 7 nitrogen and oxygen atoms in total. The molecule has 0 amide bonds. The number of benzene rings is 1. The van der Waals surface area contributed by atoms with E-state index in [1.54, 1.807) is 13.3 Å². The number of rotatable bonds is 11. The summed E-state index contributed by atoms with van der Waals surface area (Å²) in [5.41, 5.74) is 2.19. The van der Waals surface area contributed by atoms with Crippen LogP contribution in [0.2, 0.25) is 0 Å². The van der Waals surface area contributed by atoms with Crippen LogP contribution in [0.25, 0.3) is 5.69 Å². The van der Waals surface area contributed by atoms with Crippen molar-refractivity contribution in [2.45, 2.75) is 19.9 Å². The number of hydrogen-bond donors (Lipinski definition) is 2. The molecule has 2 N–H and O–H groups in total. The van der Waals surface area contributed by atoms with Crippen molar-refractivity contribution in [3.63, 3.8) is 0 Å². The Morgan fingerprint density at radius 3 is 2.89 bits per heavy atom. The first-order valence-corrected chi connectivity index (χ1v) is 9.51. The van der Waals surface area contributed by atoms with E-state index in [1.807, 2.05) is 29.1 Å². The van der Waals surface area contributed by atoms with Crippen LogP contribution in [0.15, 0.2) is 47.7 Å². The topological polar surface area (TPSA) is 66.7 Å². The number of ether oxygens (including phenoxy) is 1. The highest BCUT2D eigenvalue weighted by Crippen LogP contribution is 2.10. The van der Waals surface area contributed by atoms with E-state index in [-0.39, 0.29) is 0 Å². The first-order chi connectivity index (χ1) is 13.2. The average Bonchev–Trinajstić information content (AvgIpc) is 3.21. The lowest BCUT2D eigenvalue weighted by atomic mass is 10.2. The Hall–Kier alpha value is -2.38. The van der Waals surface area contributed by atoms with Crippen molar-refractivity contribution in [3.05, 3.63) is 48.3 Å². The van der Waals surface area contributed by atoms with Gasteiger partial charge in [-0.1, -0.05) is 12.1 Å². The van der Waals surface area contributed by atoms with Crippen LogP contribution >= 0.6 is 0 Å². The van der Waals surface area contributed by atoms with Crippen LogP contribution < -0.4 is 10.6 Å². The van der Waals surface area contributed by atoms with Crippen LogP contribution in [0.5, 0.6) is 0 Å². The van der Waals surface area contributed by atoms with Gasteiger partial charge in [0.25, 0.3) is 0 Å². The summed E-state index contributed by atoms with van der Waals surface area (Å²) in [5.74, 6) is 0.840. The van der Waals surface area contributed by atoms with E-state index in [2.05, 4.69) is 46.7 Å². The quantitative estimate of drug-likeness (QED) is 0.358. The summed E-state index contributed by atoms with van der Waals surface area (Å²) < 4.78 is 6.95. The molecule has 0 bridgehead atoms. The van der Waals surface area contributed by atoms with Gasteiger partial charge in [0.05, 0.1) is 12.2 Å². The van der Waals surface area contributed by atoms with E-state index >= 15 is 0 Å². The second-order valence-corrected chi connectivity index (χ2v) is 6.39. The molecule has 0 unspecified atom stereocenters. The fraction of sp³-hybridized carbons (Fsp3) is 0.500. The average molecular weight is 373 g/mol. The molecular formula is C20H32N6O. The Morgan fingerprint density at radius 2 is 2.15 bits per heavy atom. The predicted molar refractivity (Wildman–Crippen MR) is 110 cm³/mol. The third-order valence-corrected chi connectivity index (χ3v) is 4.12. The number of nitrogens with one attached hydrogen (secondary N) is 2. The lowest BCUT2D eigenvalue weighted by Crippen LogP contribution is -2.41. The summed E-state index contributed by atoms with van der Waals surface area (Å²) in [6.45, 7) is 7.18. The minimum Gasteiger partial charge on any atom is -0.385 e. The van der Waals surface area contributed by atoms with Gasteiger partial charge in [0.1, 0.15) is 0 Å². The van der Waals surface area contributed by atoms with Crippen molar-refractivity contribution < 1.29 is 4.74 Å². The third kappa shape index (κ3) is 7.80. The molecular weight excluding hydrogens is 340 g/mol. The van der Waals surface area contributed by atoms with Crippen molar-refractivity contribution in [1.82, 2.24) is 25.3 Å². The molecule has 0 saturated heterocycles. The molecule has 1 heterocycles. The number of nitrogens with zero attached hydrogens (tertiary/aromatic N) is 4. The summed E-state index contributed by atoms with van der Waals surface area (Å²) in [6.07, 6.45) is 4.77. The number of aliphatic imine (C=N–C) groups is 1. The molecule has 0 fully saturated rings. The second-order valence-electron chi connectivity index (χ2n) is 6.39. The first kappa shape index (κ1) is 20.9. The Bertz CT molecular complexity index is 671. The van der Waals surface area contributed by atoms with Crippen LogP contribution in [-0.4, -0.2) is 67.6 Å². The molecule has 0 aliphatic carbocycles. The van der Waals surface area contributed by atoms with E-state index in [9.17, 15) is 0 Å². The maximum absolute atomic E-state index is 5.10. The van der Waals surface area contributed by atoms with Gasteiger partial charge in [-0.2, -0.15) is 5.10 Å². The van der Waals surface area contributed by atoms with Gasteiger partial charge in [-0.25, -0.2) is 9.67 Å². The molecule has 27 heavy (non-hydrogen) atoms. The Labute approximate surface area is 162 Å². The minimum atomic E-state index is 0.619. The highest BCUT2D eigenvalue weighted by atomic mass is 16.5. The van der Waals surface area contributed by atoms with Gasteiger partial charge >= 0.3 is 0 Å². The standard InChI is InChI=1S/C20H32N6O/c1-4-21-20(22-11-14-25(2)12-7-15-27-3)23-17-18-8-5-9-19(16-18)26-13-6-10-24-26/h5-6,8-10,13,16H,4,7,11-12,14-15,17H2,1-3H3,(H2,21,22,23). The van der Waals surface area contributed by atoms with Gasteiger partial charge in [-0.3, -0.25) is 0 Å². The summed E-state index contributed by atoms with van der Waals surface area (Å²) in [7, 11) is 3.87. The molecule has 0 saturated carbocycles. The molecule has 0 radical (unpaired) electrons.